The van der Waals surface area contributed by atoms with Gasteiger partial charge in [0, 0.05) is 24.6 Å². The van der Waals surface area contributed by atoms with Crippen molar-refractivity contribution in [3.05, 3.63) is 29.3 Å². The highest BCUT2D eigenvalue weighted by Crippen LogP contribution is 2.28. The van der Waals surface area contributed by atoms with Gasteiger partial charge in [0.05, 0.1) is 18.7 Å². The first-order chi connectivity index (χ1) is 11.6. The first-order valence-electron chi connectivity index (χ1n) is 8.23. The van der Waals surface area contributed by atoms with Gasteiger partial charge in [-0.1, -0.05) is 6.07 Å². The van der Waals surface area contributed by atoms with Crippen molar-refractivity contribution in [1.29, 1.82) is 0 Å². The van der Waals surface area contributed by atoms with Gasteiger partial charge < -0.3 is 14.4 Å². The molecular formula is C18H22N2O4. The smallest absolute Gasteiger partial charge is 0.337 e. The van der Waals surface area contributed by atoms with Gasteiger partial charge in [0.15, 0.2) is 0 Å². The predicted molar refractivity (Wildman–Crippen MR) is 89.4 cm³/mol. The number of ether oxygens (including phenoxy) is 2. The lowest BCUT2D eigenvalue weighted by Crippen LogP contribution is -2.43. The number of nitrogens with zero attached hydrogens (tertiary/aromatic N) is 2. The average Bonchev–Trinajstić information content (AvgIpc) is 2.80. The van der Waals surface area contributed by atoms with Gasteiger partial charge in [-0.15, -0.1) is 0 Å². The fourth-order valence-corrected chi connectivity index (χ4v) is 3.10. The van der Waals surface area contributed by atoms with Crippen LogP contribution in [-0.4, -0.2) is 49.3 Å². The fraction of sp³-hybridized carbons (Fsp3) is 0.500. The SMILES string of the molecule is COC(=O)c1ccc2c(c1)OC[C@H](C)N(C(=O)C1CC=NCC1)C2. The summed E-state index contributed by atoms with van der Waals surface area (Å²) in [7, 11) is 1.35. The number of methoxy groups -OCH3 is 1. The van der Waals surface area contributed by atoms with E-state index in [1.807, 2.05) is 24.1 Å². The second-order valence-corrected chi connectivity index (χ2v) is 6.25. The van der Waals surface area contributed by atoms with Gasteiger partial charge in [0.1, 0.15) is 12.4 Å². The fourth-order valence-electron chi connectivity index (χ4n) is 3.10. The molecule has 128 valence electrons. The molecule has 2 aliphatic rings. The molecule has 0 radical (unpaired) electrons. The average molecular weight is 330 g/mol. The zero-order valence-electron chi connectivity index (χ0n) is 14.0. The minimum absolute atomic E-state index is 0.000780. The van der Waals surface area contributed by atoms with Crippen LogP contribution >= 0.6 is 0 Å². The van der Waals surface area contributed by atoms with E-state index in [1.165, 1.54) is 7.11 Å². The third kappa shape index (κ3) is 3.27. The molecule has 0 aromatic heterocycles. The van der Waals surface area contributed by atoms with Crippen LogP contribution in [0.5, 0.6) is 5.75 Å². The molecule has 0 saturated carbocycles. The number of hydrogen-bond donors (Lipinski definition) is 0. The van der Waals surface area contributed by atoms with E-state index >= 15 is 0 Å². The Morgan fingerprint density at radius 2 is 2.21 bits per heavy atom. The maximum absolute atomic E-state index is 12.9. The van der Waals surface area contributed by atoms with Crippen LogP contribution in [0.3, 0.4) is 0 Å². The van der Waals surface area contributed by atoms with Crippen LogP contribution in [0, 0.1) is 5.92 Å². The second kappa shape index (κ2) is 7.03. The molecule has 1 aromatic rings. The maximum atomic E-state index is 12.9. The third-order valence-corrected chi connectivity index (χ3v) is 4.60. The first-order valence-corrected chi connectivity index (χ1v) is 8.23. The van der Waals surface area contributed by atoms with Crippen LogP contribution in [0.4, 0.5) is 0 Å². The van der Waals surface area contributed by atoms with Crippen molar-refractivity contribution in [2.75, 3.05) is 20.3 Å². The van der Waals surface area contributed by atoms with Gasteiger partial charge >= 0.3 is 5.97 Å². The Balaban J connectivity index is 1.82. The molecule has 0 spiro atoms. The van der Waals surface area contributed by atoms with Crippen molar-refractivity contribution in [3.8, 4) is 5.75 Å². The van der Waals surface area contributed by atoms with Gasteiger partial charge in [0.2, 0.25) is 5.91 Å². The van der Waals surface area contributed by atoms with Crippen LogP contribution in [0.15, 0.2) is 23.2 Å². The number of amides is 1. The summed E-state index contributed by atoms with van der Waals surface area (Å²) in [6.07, 6.45) is 3.35. The zero-order chi connectivity index (χ0) is 17.1. The Morgan fingerprint density at radius 1 is 1.38 bits per heavy atom. The minimum Gasteiger partial charge on any atom is -0.491 e. The molecule has 0 aliphatic carbocycles. The molecule has 2 aliphatic heterocycles. The molecule has 0 bridgehead atoms. The Morgan fingerprint density at radius 3 is 2.92 bits per heavy atom. The Bertz CT molecular complexity index is 671. The molecule has 1 amide bonds. The lowest BCUT2D eigenvalue weighted by molar-refractivity contribution is -0.138. The van der Waals surface area contributed by atoms with E-state index in [-0.39, 0.29) is 17.9 Å². The first kappa shape index (κ1) is 16.5. The molecule has 6 nitrogen and oxygen atoms in total. The third-order valence-electron chi connectivity index (χ3n) is 4.60. The normalized spacial score (nSPS) is 23.0. The molecular weight excluding hydrogens is 308 g/mol. The zero-order valence-corrected chi connectivity index (χ0v) is 14.0. The highest BCUT2D eigenvalue weighted by atomic mass is 16.5. The van der Waals surface area contributed by atoms with Crippen molar-refractivity contribution in [2.45, 2.75) is 32.4 Å². The number of fused-ring (bicyclic) bond motifs is 1. The number of esters is 1. The van der Waals surface area contributed by atoms with Crippen molar-refractivity contribution in [1.82, 2.24) is 4.90 Å². The number of hydrogen-bond acceptors (Lipinski definition) is 5. The molecule has 0 saturated heterocycles. The molecule has 2 atom stereocenters. The van der Waals surface area contributed by atoms with Crippen LogP contribution < -0.4 is 4.74 Å². The topological polar surface area (TPSA) is 68.2 Å². The van der Waals surface area contributed by atoms with Gasteiger partial charge in [-0.2, -0.15) is 0 Å². The number of rotatable bonds is 2. The van der Waals surface area contributed by atoms with E-state index in [4.69, 9.17) is 9.47 Å². The summed E-state index contributed by atoms with van der Waals surface area (Å²) >= 11 is 0. The molecule has 0 fully saturated rings. The lowest BCUT2D eigenvalue weighted by Gasteiger charge is -2.30. The van der Waals surface area contributed by atoms with Gasteiger partial charge in [-0.3, -0.25) is 9.79 Å². The Labute approximate surface area is 141 Å². The summed E-state index contributed by atoms with van der Waals surface area (Å²) in [5.41, 5.74) is 1.36. The Kier molecular flexibility index (Phi) is 4.83. The van der Waals surface area contributed by atoms with E-state index in [9.17, 15) is 9.59 Å². The summed E-state index contributed by atoms with van der Waals surface area (Å²) < 4.78 is 10.6. The van der Waals surface area contributed by atoms with E-state index < -0.39 is 5.97 Å². The number of carbonyl (C=O) groups excluding carboxylic acids is 2. The largest absolute Gasteiger partial charge is 0.491 e. The molecule has 2 heterocycles. The quantitative estimate of drug-likeness (QED) is 0.779. The van der Waals surface area contributed by atoms with Gasteiger partial charge in [0.25, 0.3) is 0 Å². The van der Waals surface area contributed by atoms with E-state index in [2.05, 4.69) is 4.99 Å². The van der Waals surface area contributed by atoms with Crippen LogP contribution in [0.1, 0.15) is 35.7 Å². The van der Waals surface area contributed by atoms with Crippen LogP contribution in [0.25, 0.3) is 0 Å². The van der Waals surface area contributed by atoms with E-state index in [0.29, 0.717) is 37.4 Å². The molecule has 24 heavy (non-hydrogen) atoms. The van der Waals surface area contributed by atoms with Crippen molar-refractivity contribution in [2.24, 2.45) is 10.9 Å². The number of carbonyl (C=O) groups is 2. The monoisotopic (exact) mass is 330 g/mol. The van der Waals surface area contributed by atoms with E-state index in [0.717, 1.165) is 12.0 Å². The standard InChI is InChI=1S/C18H22N2O4/c1-12-11-24-16-9-14(18(22)23-2)3-4-15(16)10-20(12)17(21)13-5-7-19-8-6-13/h3-4,7,9,12-13H,5-6,8,10-11H2,1-2H3/t12-,13?/m0/s1. The summed E-state index contributed by atoms with van der Waals surface area (Å²) in [6, 6.07) is 5.21. The second-order valence-electron chi connectivity index (χ2n) is 6.25. The summed E-state index contributed by atoms with van der Waals surface area (Å²) in [4.78, 5) is 30.6. The van der Waals surface area contributed by atoms with Gasteiger partial charge in [-0.05, 0) is 38.1 Å². The molecule has 0 N–H and O–H groups in total. The van der Waals surface area contributed by atoms with Crippen LogP contribution in [-0.2, 0) is 16.1 Å². The number of aliphatic imine (C=N–C) groups is 1. The maximum Gasteiger partial charge on any atom is 0.337 e. The summed E-state index contributed by atoms with van der Waals surface area (Å²) in [5.74, 6) is 0.404. The molecule has 1 aromatic carbocycles. The van der Waals surface area contributed by atoms with Crippen molar-refractivity contribution in [3.63, 3.8) is 0 Å². The van der Waals surface area contributed by atoms with Crippen molar-refractivity contribution < 1.29 is 19.1 Å². The number of benzene rings is 1. The van der Waals surface area contributed by atoms with Gasteiger partial charge in [-0.25, -0.2) is 4.79 Å². The lowest BCUT2D eigenvalue weighted by atomic mass is 9.97. The molecule has 6 heteroatoms. The molecule has 1 unspecified atom stereocenters. The highest BCUT2D eigenvalue weighted by Gasteiger charge is 2.31. The van der Waals surface area contributed by atoms with E-state index in [1.54, 1.807) is 12.1 Å². The Hall–Kier alpha value is -2.37. The predicted octanol–water partition coefficient (Wildman–Crippen LogP) is 2.06. The summed E-state index contributed by atoms with van der Waals surface area (Å²) in [6.45, 7) is 3.60. The highest BCUT2D eigenvalue weighted by molar-refractivity contribution is 5.90. The van der Waals surface area contributed by atoms with Crippen LogP contribution in [0.2, 0.25) is 0 Å². The minimum atomic E-state index is -0.395. The van der Waals surface area contributed by atoms with Crippen molar-refractivity contribution >= 4 is 18.1 Å². The molecule has 3 rings (SSSR count). The summed E-state index contributed by atoms with van der Waals surface area (Å²) in [5, 5.41) is 0.